The maximum absolute atomic E-state index is 12.9. The molecule has 2 nitrogen and oxygen atoms in total. The van der Waals surface area contributed by atoms with Crippen molar-refractivity contribution in [2.24, 2.45) is 0 Å². The van der Waals surface area contributed by atoms with Crippen LogP contribution in [0.5, 0.6) is 0 Å². The van der Waals surface area contributed by atoms with Crippen molar-refractivity contribution in [1.82, 2.24) is 5.32 Å². The molecule has 0 saturated carbocycles. The highest BCUT2D eigenvalue weighted by Crippen LogP contribution is 2.24. The van der Waals surface area contributed by atoms with E-state index in [0.717, 1.165) is 31.6 Å². The van der Waals surface area contributed by atoms with Crippen LogP contribution in [0.25, 0.3) is 0 Å². The summed E-state index contributed by atoms with van der Waals surface area (Å²) in [5.41, 5.74) is 1.16. The second-order valence-electron chi connectivity index (χ2n) is 4.87. The van der Waals surface area contributed by atoms with Crippen molar-refractivity contribution in [2.45, 2.75) is 44.8 Å². The summed E-state index contributed by atoms with van der Waals surface area (Å²) >= 11 is 0. The molecule has 1 saturated heterocycles. The second kappa shape index (κ2) is 6.86. The fourth-order valence-corrected chi connectivity index (χ4v) is 2.55. The minimum atomic E-state index is -0.173. The Kier molecular flexibility index (Phi) is 5.14. The lowest BCUT2D eigenvalue weighted by atomic mass is 9.99. The maximum Gasteiger partial charge on any atom is 0.123 e. The molecule has 2 atom stereocenters. The van der Waals surface area contributed by atoms with Crippen LogP contribution in [0.1, 0.15) is 44.2 Å². The van der Waals surface area contributed by atoms with Gasteiger partial charge in [0.2, 0.25) is 0 Å². The minimum Gasteiger partial charge on any atom is -0.378 e. The molecule has 1 fully saturated rings. The molecule has 1 aromatic rings. The first-order chi connectivity index (χ1) is 8.79. The number of ether oxygens (including phenoxy) is 1. The van der Waals surface area contributed by atoms with E-state index in [0.29, 0.717) is 12.1 Å². The highest BCUT2D eigenvalue weighted by Gasteiger charge is 2.18. The molecule has 18 heavy (non-hydrogen) atoms. The summed E-state index contributed by atoms with van der Waals surface area (Å²) in [6, 6.07) is 7.12. The number of rotatable bonds is 6. The highest BCUT2D eigenvalue weighted by molar-refractivity contribution is 5.19. The fourth-order valence-electron chi connectivity index (χ4n) is 2.55. The van der Waals surface area contributed by atoms with Crippen LogP contribution >= 0.6 is 0 Å². The van der Waals surface area contributed by atoms with Gasteiger partial charge in [-0.1, -0.05) is 19.1 Å². The molecule has 0 bridgehead atoms. The number of hydrogen-bond donors (Lipinski definition) is 1. The number of hydrogen-bond acceptors (Lipinski definition) is 2. The lowest BCUT2D eigenvalue weighted by Gasteiger charge is -2.20. The molecular weight excluding hydrogens is 229 g/mol. The predicted octanol–water partition coefficient (Wildman–Crippen LogP) is 3.44. The molecule has 0 spiro atoms. The lowest BCUT2D eigenvalue weighted by molar-refractivity contribution is 0.0996. The zero-order chi connectivity index (χ0) is 12.8. The predicted molar refractivity (Wildman–Crippen MR) is 71.0 cm³/mol. The van der Waals surface area contributed by atoms with Gasteiger partial charge in [0, 0.05) is 12.6 Å². The van der Waals surface area contributed by atoms with Gasteiger partial charge in [0.15, 0.2) is 0 Å². The Morgan fingerprint density at radius 2 is 2.17 bits per heavy atom. The highest BCUT2D eigenvalue weighted by atomic mass is 19.1. The van der Waals surface area contributed by atoms with Gasteiger partial charge >= 0.3 is 0 Å². The second-order valence-corrected chi connectivity index (χ2v) is 4.87. The zero-order valence-corrected chi connectivity index (χ0v) is 11.0. The Labute approximate surface area is 109 Å². The van der Waals surface area contributed by atoms with Gasteiger partial charge in [0.05, 0.1) is 6.10 Å². The minimum absolute atomic E-state index is 0.173. The Morgan fingerprint density at radius 3 is 2.78 bits per heavy atom. The third-order valence-corrected chi connectivity index (χ3v) is 3.52. The first-order valence-corrected chi connectivity index (χ1v) is 6.90. The molecule has 0 amide bonds. The lowest BCUT2D eigenvalue weighted by Crippen LogP contribution is -2.22. The maximum atomic E-state index is 12.9. The molecule has 1 aliphatic heterocycles. The molecule has 0 aromatic heterocycles. The normalized spacial score (nSPS) is 21.1. The number of benzene rings is 1. The third kappa shape index (κ3) is 3.79. The molecule has 0 radical (unpaired) electrons. The smallest absolute Gasteiger partial charge is 0.123 e. The Balaban J connectivity index is 1.91. The Bertz CT molecular complexity index is 346. The van der Waals surface area contributed by atoms with Crippen LogP contribution in [0.2, 0.25) is 0 Å². The average Bonchev–Trinajstić information content (AvgIpc) is 2.89. The van der Waals surface area contributed by atoms with Crippen LogP contribution in [0.4, 0.5) is 4.39 Å². The van der Waals surface area contributed by atoms with Crippen LogP contribution in [0.15, 0.2) is 24.3 Å². The first kappa shape index (κ1) is 13.5. The third-order valence-electron chi connectivity index (χ3n) is 3.52. The average molecular weight is 251 g/mol. The van der Waals surface area contributed by atoms with Crippen LogP contribution in [-0.4, -0.2) is 19.3 Å². The number of nitrogens with one attached hydrogen (secondary N) is 1. The summed E-state index contributed by atoms with van der Waals surface area (Å²) in [6.07, 6.45) is 4.92. The van der Waals surface area contributed by atoms with E-state index in [1.54, 1.807) is 0 Å². The van der Waals surface area contributed by atoms with Gasteiger partial charge in [-0.05, 0) is 49.9 Å². The van der Waals surface area contributed by atoms with E-state index in [4.69, 9.17) is 4.74 Å². The van der Waals surface area contributed by atoms with E-state index in [9.17, 15) is 4.39 Å². The van der Waals surface area contributed by atoms with Crippen molar-refractivity contribution in [2.75, 3.05) is 13.2 Å². The monoisotopic (exact) mass is 251 g/mol. The molecular formula is C15H22FNO. The van der Waals surface area contributed by atoms with Gasteiger partial charge in [0.1, 0.15) is 5.82 Å². The van der Waals surface area contributed by atoms with Gasteiger partial charge in [-0.15, -0.1) is 0 Å². The zero-order valence-electron chi connectivity index (χ0n) is 11.0. The summed E-state index contributed by atoms with van der Waals surface area (Å²) in [5.74, 6) is -0.173. The van der Waals surface area contributed by atoms with E-state index in [1.165, 1.54) is 25.0 Å². The standard InChI is InChI=1S/C15H22FNO/c1-2-17-15(10-9-14-4-3-11-18-14)12-5-7-13(16)8-6-12/h5-8,14-15,17H,2-4,9-11H2,1H3. The van der Waals surface area contributed by atoms with Gasteiger partial charge in [-0.25, -0.2) is 4.39 Å². The van der Waals surface area contributed by atoms with Crippen LogP contribution in [-0.2, 0) is 4.74 Å². The van der Waals surface area contributed by atoms with Crippen molar-refractivity contribution in [3.05, 3.63) is 35.6 Å². The van der Waals surface area contributed by atoms with E-state index in [1.807, 2.05) is 12.1 Å². The van der Waals surface area contributed by atoms with Crippen LogP contribution < -0.4 is 5.32 Å². The molecule has 1 heterocycles. The van der Waals surface area contributed by atoms with Crippen molar-refractivity contribution in [1.29, 1.82) is 0 Å². The first-order valence-electron chi connectivity index (χ1n) is 6.90. The van der Waals surface area contributed by atoms with Crippen molar-refractivity contribution in [3.8, 4) is 0 Å². The molecule has 1 aromatic carbocycles. The van der Waals surface area contributed by atoms with E-state index >= 15 is 0 Å². The number of halogens is 1. The molecule has 2 unspecified atom stereocenters. The topological polar surface area (TPSA) is 21.3 Å². The van der Waals surface area contributed by atoms with Gasteiger partial charge in [-0.3, -0.25) is 0 Å². The summed E-state index contributed by atoms with van der Waals surface area (Å²) in [4.78, 5) is 0. The summed E-state index contributed by atoms with van der Waals surface area (Å²) in [7, 11) is 0. The van der Waals surface area contributed by atoms with Gasteiger partial charge in [0.25, 0.3) is 0 Å². The van der Waals surface area contributed by atoms with E-state index in [-0.39, 0.29) is 5.82 Å². The summed E-state index contributed by atoms with van der Waals surface area (Å²) in [6.45, 7) is 3.93. The Morgan fingerprint density at radius 1 is 1.39 bits per heavy atom. The van der Waals surface area contributed by atoms with E-state index in [2.05, 4.69) is 12.2 Å². The summed E-state index contributed by atoms with van der Waals surface area (Å²) in [5, 5.41) is 3.46. The van der Waals surface area contributed by atoms with Gasteiger partial charge < -0.3 is 10.1 Å². The molecule has 0 aliphatic carbocycles. The van der Waals surface area contributed by atoms with Crippen LogP contribution in [0, 0.1) is 5.82 Å². The SMILES string of the molecule is CCNC(CCC1CCCO1)c1ccc(F)cc1. The van der Waals surface area contributed by atoms with Crippen LogP contribution in [0.3, 0.4) is 0 Å². The van der Waals surface area contributed by atoms with E-state index < -0.39 is 0 Å². The molecule has 1 aliphatic rings. The Hall–Kier alpha value is -0.930. The quantitative estimate of drug-likeness (QED) is 0.836. The fraction of sp³-hybridized carbons (Fsp3) is 0.600. The van der Waals surface area contributed by atoms with Crippen molar-refractivity contribution >= 4 is 0 Å². The molecule has 100 valence electrons. The molecule has 1 N–H and O–H groups in total. The van der Waals surface area contributed by atoms with Crippen molar-refractivity contribution in [3.63, 3.8) is 0 Å². The molecule has 2 rings (SSSR count). The van der Waals surface area contributed by atoms with Gasteiger partial charge in [-0.2, -0.15) is 0 Å². The molecule has 3 heteroatoms. The largest absolute Gasteiger partial charge is 0.378 e. The van der Waals surface area contributed by atoms with Crippen molar-refractivity contribution < 1.29 is 9.13 Å². The summed E-state index contributed by atoms with van der Waals surface area (Å²) < 4.78 is 18.6.